The van der Waals surface area contributed by atoms with Crippen LogP contribution in [-0.2, 0) is 4.79 Å². The summed E-state index contributed by atoms with van der Waals surface area (Å²) in [6.45, 7) is 2.34. The maximum Gasteiger partial charge on any atom is 0.123 e. The summed E-state index contributed by atoms with van der Waals surface area (Å²) < 4.78 is 0. The lowest BCUT2D eigenvalue weighted by Crippen LogP contribution is -2.28. The van der Waals surface area contributed by atoms with Crippen LogP contribution in [0.5, 0.6) is 0 Å². The minimum Gasteiger partial charge on any atom is -0.303 e. The Morgan fingerprint density at radius 2 is 2.20 bits per heavy atom. The van der Waals surface area contributed by atoms with Crippen molar-refractivity contribution in [2.45, 2.75) is 32.6 Å². The first-order valence-corrected chi connectivity index (χ1v) is 4.21. The van der Waals surface area contributed by atoms with E-state index in [1.165, 1.54) is 25.7 Å². The SMILES string of the molecule is CC1([C@@H]2C[C@H]2C=O)CCC1. The Balaban J connectivity index is 1.95. The minimum atomic E-state index is 0.435. The Bertz CT molecular complexity index is 158. The molecule has 2 saturated carbocycles. The van der Waals surface area contributed by atoms with E-state index in [9.17, 15) is 4.79 Å². The van der Waals surface area contributed by atoms with Gasteiger partial charge in [-0.15, -0.1) is 0 Å². The van der Waals surface area contributed by atoms with Crippen molar-refractivity contribution in [2.75, 3.05) is 0 Å². The van der Waals surface area contributed by atoms with Gasteiger partial charge in [-0.25, -0.2) is 0 Å². The molecule has 0 amide bonds. The zero-order valence-electron chi connectivity index (χ0n) is 6.47. The first-order valence-electron chi connectivity index (χ1n) is 4.21. The van der Waals surface area contributed by atoms with Crippen molar-refractivity contribution < 1.29 is 4.79 Å². The van der Waals surface area contributed by atoms with Crippen molar-refractivity contribution in [3.05, 3.63) is 0 Å². The maximum atomic E-state index is 10.4. The maximum absolute atomic E-state index is 10.4. The second-order valence-corrected chi connectivity index (χ2v) is 4.15. The van der Waals surface area contributed by atoms with Crippen LogP contribution in [0.1, 0.15) is 32.6 Å². The molecule has 0 aliphatic heterocycles. The molecule has 1 heteroatoms. The predicted molar refractivity (Wildman–Crippen MR) is 39.6 cm³/mol. The summed E-state index contributed by atoms with van der Waals surface area (Å²) in [6, 6.07) is 0. The Labute approximate surface area is 61.8 Å². The van der Waals surface area contributed by atoms with Gasteiger partial charge in [0.1, 0.15) is 6.29 Å². The molecule has 0 spiro atoms. The lowest BCUT2D eigenvalue weighted by Gasteiger charge is -2.39. The summed E-state index contributed by atoms with van der Waals surface area (Å²) in [6.07, 6.45) is 6.44. The normalized spacial score (nSPS) is 42.1. The molecule has 0 unspecified atom stereocenters. The van der Waals surface area contributed by atoms with Gasteiger partial charge in [0.15, 0.2) is 0 Å². The van der Waals surface area contributed by atoms with E-state index in [1.807, 2.05) is 0 Å². The van der Waals surface area contributed by atoms with Gasteiger partial charge in [0.05, 0.1) is 0 Å². The fourth-order valence-corrected chi connectivity index (χ4v) is 2.27. The molecule has 0 bridgehead atoms. The van der Waals surface area contributed by atoms with Crippen LogP contribution in [0.2, 0.25) is 0 Å². The van der Waals surface area contributed by atoms with E-state index in [0.29, 0.717) is 11.3 Å². The fourth-order valence-electron chi connectivity index (χ4n) is 2.27. The minimum absolute atomic E-state index is 0.435. The molecule has 0 radical (unpaired) electrons. The van der Waals surface area contributed by atoms with Crippen LogP contribution < -0.4 is 0 Å². The number of carbonyl (C=O) groups excluding carboxylic acids is 1. The van der Waals surface area contributed by atoms with Crippen LogP contribution in [-0.4, -0.2) is 6.29 Å². The molecule has 0 aromatic rings. The number of carbonyl (C=O) groups is 1. The van der Waals surface area contributed by atoms with E-state index in [-0.39, 0.29) is 0 Å². The largest absolute Gasteiger partial charge is 0.303 e. The zero-order chi connectivity index (χ0) is 7.19. The van der Waals surface area contributed by atoms with Crippen LogP contribution in [0, 0.1) is 17.3 Å². The topological polar surface area (TPSA) is 17.1 Å². The quantitative estimate of drug-likeness (QED) is 0.533. The molecule has 2 fully saturated rings. The van der Waals surface area contributed by atoms with Gasteiger partial charge >= 0.3 is 0 Å². The molecule has 0 N–H and O–H groups in total. The molecule has 2 aliphatic rings. The van der Waals surface area contributed by atoms with E-state index < -0.39 is 0 Å². The highest BCUT2D eigenvalue weighted by molar-refractivity contribution is 5.58. The van der Waals surface area contributed by atoms with Crippen LogP contribution in [0.3, 0.4) is 0 Å². The van der Waals surface area contributed by atoms with Gasteiger partial charge in [0.25, 0.3) is 0 Å². The molecule has 2 rings (SSSR count). The summed E-state index contributed by atoms with van der Waals surface area (Å²) in [4.78, 5) is 10.4. The molecule has 0 aromatic heterocycles. The Kier molecular flexibility index (Phi) is 1.17. The van der Waals surface area contributed by atoms with Gasteiger partial charge in [-0.2, -0.15) is 0 Å². The molecule has 10 heavy (non-hydrogen) atoms. The van der Waals surface area contributed by atoms with E-state index in [0.717, 1.165) is 12.2 Å². The lowest BCUT2D eigenvalue weighted by molar-refractivity contribution is -0.109. The van der Waals surface area contributed by atoms with Gasteiger partial charge in [0.2, 0.25) is 0 Å². The van der Waals surface area contributed by atoms with Crippen molar-refractivity contribution in [1.82, 2.24) is 0 Å². The van der Waals surface area contributed by atoms with Crippen molar-refractivity contribution in [3.8, 4) is 0 Å². The average molecular weight is 138 g/mol. The molecule has 0 heterocycles. The number of aldehydes is 1. The van der Waals surface area contributed by atoms with Crippen molar-refractivity contribution >= 4 is 6.29 Å². The smallest absolute Gasteiger partial charge is 0.123 e. The molecule has 2 aliphatic carbocycles. The van der Waals surface area contributed by atoms with Crippen molar-refractivity contribution in [2.24, 2.45) is 17.3 Å². The van der Waals surface area contributed by atoms with Crippen molar-refractivity contribution in [3.63, 3.8) is 0 Å². The molecule has 0 saturated heterocycles. The van der Waals surface area contributed by atoms with E-state index in [1.54, 1.807) is 0 Å². The Morgan fingerprint density at radius 1 is 1.50 bits per heavy atom. The Hall–Kier alpha value is -0.330. The highest BCUT2D eigenvalue weighted by atomic mass is 16.1. The molecule has 2 atom stereocenters. The summed E-state index contributed by atoms with van der Waals surface area (Å²) in [5.74, 6) is 1.20. The van der Waals surface area contributed by atoms with Crippen LogP contribution in [0.4, 0.5) is 0 Å². The number of rotatable bonds is 2. The average Bonchev–Trinajstić information content (AvgIpc) is 2.61. The Morgan fingerprint density at radius 3 is 2.50 bits per heavy atom. The van der Waals surface area contributed by atoms with E-state index >= 15 is 0 Å². The first kappa shape index (κ1) is 6.38. The summed E-state index contributed by atoms with van der Waals surface area (Å²) in [5, 5.41) is 0. The molecular weight excluding hydrogens is 124 g/mol. The van der Waals surface area contributed by atoms with E-state index in [4.69, 9.17) is 0 Å². The monoisotopic (exact) mass is 138 g/mol. The zero-order valence-corrected chi connectivity index (χ0v) is 6.47. The number of hydrogen-bond donors (Lipinski definition) is 0. The summed E-state index contributed by atoms with van der Waals surface area (Å²) in [5.41, 5.74) is 0.575. The molecular formula is C9H14O. The second-order valence-electron chi connectivity index (χ2n) is 4.15. The lowest BCUT2D eigenvalue weighted by atomic mass is 9.66. The summed E-state index contributed by atoms with van der Waals surface area (Å²) in [7, 11) is 0. The third kappa shape index (κ3) is 0.727. The second kappa shape index (κ2) is 1.84. The highest BCUT2D eigenvalue weighted by Crippen LogP contribution is 2.59. The standard InChI is InChI=1S/C9H14O/c1-9(3-2-4-9)8-5-7(8)6-10/h6-8H,2-5H2,1H3/t7-,8+/m0/s1. The predicted octanol–water partition coefficient (Wildman–Crippen LogP) is 2.01. The third-order valence-corrected chi connectivity index (χ3v) is 3.41. The number of hydrogen-bond acceptors (Lipinski definition) is 1. The summed E-state index contributed by atoms with van der Waals surface area (Å²) >= 11 is 0. The molecule has 1 nitrogen and oxygen atoms in total. The van der Waals surface area contributed by atoms with E-state index in [2.05, 4.69) is 6.92 Å². The third-order valence-electron chi connectivity index (χ3n) is 3.41. The highest BCUT2D eigenvalue weighted by Gasteiger charge is 2.52. The van der Waals surface area contributed by atoms with Gasteiger partial charge in [-0.1, -0.05) is 13.3 Å². The van der Waals surface area contributed by atoms with Crippen LogP contribution in [0.15, 0.2) is 0 Å². The van der Waals surface area contributed by atoms with Gasteiger partial charge in [-0.05, 0) is 30.6 Å². The van der Waals surface area contributed by atoms with Crippen molar-refractivity contribution in [1.29, 1.82) is 0 Å². The first-order chi connectivity index (χ1) is 4.76. The van der Waals surface area contributed by atoms with Gasteiger partial charge in [-0.3, -0.25) is 0 Å². The molecule has 0 aromatic carbocycles. The van der Waals surface area contributed by atoms with Crippen LogP contribution in [0.25, 0.3) is 0 Å². The fraction of sp³-hybridized carbons (Fsp3) is 0.889. The molecule has 56 valence electrons. The van der Waals surface area contributed by atoms with Gasteiger partial charge < -0.3 is 4.79 Å². The van der Waals surface area contributed by atoms with Crippen LogP contribution >= 0.6 is 0 Å². The van der Waals surface area contributed by atoms with Gasteiger partial charge in [0, 0.05) is 5.92 Å².